The second-order valence-electron chi connectivity index (χ2n) is 5.39. The molecule has 3 aromatic rings. The molecule has 1 amide bonds. The van der Waals surface area contributed by atoms with Crippen LogP contribution in [0.5, 0.6) is 0 Å². The van der Waals surface area contributed by atoms with E-state index in [1.165, 1.54) is 12.1 Å². The lowest BCUT2D eigenvalue weighted by atomic mass is 10.1. The number of amides is 1. The van der Waals surface area contributed by atoms with Crippen LogP contribution in [0.15, 0.2) is 42.5 Å². The number of aromatic amines is 1. The highest BCUT2D eigenvalue weighted by Crippen LogP contribution is 2.27. The van der Waals surface area contributed by atoms with Gasteiger partial charge in [0.1, 0.15) is 11.5 Å². The Kier molecular flexibility index (Phi) is 4.54. The molecular weight excluding hydrogens is 313 g/mol. The van der Waals surface area contributed by atoms with E-state index in [0.29, 0.717) is 22.2 Å². The molecule has 4 N–H and O–H groups in total. The zero-order valence-corrected chi connectivity index (χ0v) is 12.7. The zero-order chi connectivity index (χ0) is 17.1. The van der Waals surface area contributed by atoms with Crippen LogP contribution in [0.1, 0.15) is 10.4 Å². The number of hydrogen-bond acceptors (Lipinski definition) is 4. The van der Waals surface area contributed by atoms with Crippen LogP contribution in [-0.4, -0.2) is 45.6 Å². The molecule has 0 aliphatic rings. The number of nitrogens with zero attached hydrogens (tertiary/aromatic N) is 1. The van der Waals surface area contributed by atoms with Gasteiger partial charge in [-0.1, -0.05) is 12.1 Å². The molecule has 3 rings (SSSR count). The molecule has 124 valence electrons. The van der Waals surface area contributed by atoms with E-state index in [1.807, 2.05) is 0 Å². The van der Waals surface area contributed by atoms with Gasteiger partial charge in [-0.3, -0.25) is 9.89 Å². The smallest absolute Gasteiger partial charge is 0.251 e. The fourth-order valence-corrected chi connectivity index (χ4v) is 2.39. The molecule has 0 radical (unpaired) electrons. The summed E-state index contributed by atoms with van der Waals surface area (Å²) < 4.78 is 13.4. The third-order valence-corrected chi connectivity index (χ3v) is 3.63. The number of aromatic nitrogens is 2. The van der Waals surface area contributed by atoms with Crippen LogP contribution in [0.25, 0.3) is 22.2 Å². The number of H-pyrrole nitrogens is 1. The van der Waals surface area contributed by atoms with Crippen LogP contribution in [0.4, 0.5) is 4.39 Å². The van der Waals surface area contributed by atoms with Gasteiger partial charge in [-0.15, -0.1) is 0 Å². The van der Waals surface area contributed by atoms with Gasteiger partial charge in [0.2, 0.25) is 0 Å². The summed E-state index contributed by atoms with van der Waals surface area (Å²) in [4.78, 5) is 12.1. The van der Waals surface area contributed by atoms with Crippen molar-refractivity contribution >= 4 is 16.8 Å². The molecule has 24 heavy (non-hydrogen) atoms. The van der Waals surface area contributed by atoms with Gasteiger partial charge in [-0.25, -0.2) is 4.39 Å². The van der Waals surface area contributed by atoms with Gasteiger partial charge in [-0.2, -0.15) is 5.10 Å². The van der Waals surface area contributed by atoms with Gasteiger partial charge in [0.15, 0.2) is 0 Å². The second-order valence-corrected chi connectivity index (χ2v) is 5.39. The highest BCUT2D eigenvalue weighted by molar-refractivity contribution is 6.01. The number of hydrogen-bond donors (Lipinski definition) is 4. The van der Waals surface area contributed by atoms with E-state index >= 15 is 0 Å². The molecule has 0 fully saturated rings. The van der Waals surface area contributed by atoms with E-state index in [2.05, 4.69) is 15.5 Å². The Morgan fingerprint density at radius 2 is 2.12 bits per heavy atom. The number of aliphatic hydroxyl groups is 2. The first kappa shape index (κ1) is 16.1. The highest BCUT2D eigenvalue weighted by atomic mass is 19.1. The van der Waals surface area contributed by atoms with Gasteiger partial charge in [0.05, 0.1) is 18.2 Å². The molecule has 0 bridgehead atoms. The van der Waals surface area contributed by atoms with E-state index in [-0.39, 0.29) is 18.3 Å². The lowest BCUT2D eigenvalue weighted by Crippen LogP contribution is -2.33. The summed E-state index contributed by atoms with van der Waals surface area (Å²) in [6, 6.07) is 11.0. The first-order valence-corrected chi connectivity index (χ1v) is 7.39. The molecule has 0 saturated heterocycles. The van der Waals surface area contributed by atoms with Crippen LogP contribution < -0.4 is 5.32 Å². The monoisotopic (exact) mass is 329 g/mol. The number of carbonyl (C=O) groups excluding carboxylic acids is 1. The maximum absolute atomic E-state index is 13.4. The first-order valence-electron chi connectivity index (χ1n) is 7.39. The van der Waals surface area contributed by atoms with Crippen molar-refractivity contribution in [3.8, 4) is 11.3 Å². The predicted molar refractivity (Wildman–Crippen MR) is 86.9 cm³/mol. The molecule has 1 atom stereocenters. The fourth-order valence-electron chi connectivity index (χ4n) is 2.39. The van der Waals surface area contributed by atoms with Crippen molar-refractivity contribution in [2.45, 2.75) is 6.10 Å². The number of carbonyl (C=O) groups is 1. The molecule has 1 heterocycles. The largest absolute Gasteiger partial charge is 0.394 e. The number of rotatable bonds is 5. The average Bonchev–Trinajstić information content (AvgIpc) is 3.02. The molecule has 1 unspecified atom stereocenters. The van der Waals surface area contributed by atoms with Crippen LogP contribution in [0.3, 0.4) is 0 Å². The maximum Gasteiger partial charge on any atom is 0.251 e. The number of fused-ring (bicyclic) bond motifs is 1. The Hall–Kier alpha value is -2.77. The zero-order valence-electron chi connectivity index (χ0n) is 12.7. The van der Waals surface area contributed by atoms with Crippen molar-refractivity contribution in [1.29, 1.82) is 0 Å². The summed E-state index contributed by atoms with van der Waals surface area (Å²) in [6.07, 6.45) is -1.01. The summed E-state index contributed by atoms with van der Waals surface area (Å²) >= 11 is 0. The van der Waals surface area contributed by atoms with Gasteiger partial charge in [0, 0.05) is 23.1 Å². The maximum atomic E-state index is 13.4. The van der Waals surface area contributed by atoms with E-state index in [9.17, 15) is 14.3 Å². The minimum absolute atomic E-state index is 0.0461. The van der Waals surface area contributed by atoms with E-state index < -0.39 is 12.7 Å². The lowest BCUT2D eigenvalue weighted by molar-refractivity contribution is 0.0802. The molecule has 7 heteroatoms. The number of nitrogens with one attached hydrogen (secondary N) is 2. The Labute approximate surface area is 136 Å². The van der Waals surface area contributed by atoms with Gasteiger partial charge >= 0.3 is 0 Å². The summed E-state index contributed by atoms with van der Waals surface area (Å²) in [7, 11) is 0. The second kappa shape index (κ2) is 6.77. The van der Waals surface area contributed by atoms with Crippen molar-refractivity contribution in [3.63, 3.8) is 0 Å². The summed E-state index contributed by atoms with van der Waals surface area (Å²) in [5.74, 6) is -0.744. The van der Waals surface area contributed by atoms with Crippen molar-refractivity contribution in [2.24, 2.45) is 0 Å². The van der Waals surface area contributed by atoms with Crippen LogP contribution >= 0.6 is 0 Å². The minimum Gasteiger partial charge on any atom is -0.394 e. The van der Waals surface area contributed by atoms with Crippen molar-refractivity contribution < 1.29 is 19.4 Å². The van der Waals surface area contributed by atoms with Crippen molar-refractivity contribution in [1.82, 2.24) is 15.5 Å². The number of halogens is 1. The molecule has 0 aliphatic heterocycles. The van der Waals surface area contributed by atoms with Crippen LogP contribution in [-0.2, 0) is 0 Å². The Bertz CT molecular complexity index is 878. The summed E-state index contributed by atoms with van der Waals surface area (Å²) in [6.45, 7) is -0.472. The van der Waals surface area contributed by atoms with Gasteiger partial charge in [0.25, 0.3) is 5.91 Å². The number of benzene rings is 2. The molecule has 0 aliphatic carbocycles. The SMILES string of the molecule is O=C(NCC(O)CO)c1ccc2[nH]nc(-c3cccc(F)c3)c2c1. The van der Waals surface area contributed by atoms with E-state index in [1.54, 1.807) is 30.3 Å². The molecule has 6 nitrogen and oxygen atoms in total. The van der Waals surface area contributed by atoms with Gasteiger partial charge < -0.3 is 15.5 Å². The van der Waals surface area contributed by atoms with E-state index in [0.717, 1.165) is 5.52 Å². The Balaban J connectivity index is 1.93. The predicted octanol–water partition coefficient (Wildman–Crippen LogP) is 1.45. The average molecular weight is 329 g/mol. The van der Waals surface area contributed by atoms with Crippen LogP contribution in [0.2, 0.25) is 0 Å². The van der Waals surface area contributed by atoms with Crippen LogP contribution in [0, 0.1) is 5.82 Å². The Morgan fingerprint density at radius 3 is 2.88 bits per heavy atom. The standard InChI is InChI=1S/C17H16FN3O3/c18-12-3-1-2-10(6-12)16-14-7-11(4-5-15(14)20-21-16)17(24)19-8-13(23)9-22/h1-7,13,22-23H,8-9H2,(H,19,24)(H,20,21). The Morgan fingerprint density at radius 1 is 1.29 bits per heavy atom. The van der Waals surface area contributed by atoms with Crippen molar-refractivity contribution in [2.75, 3.05) is 13.2 Å². The molecule has 0 saturated carbocycles. The third-order valence-electron chi connectivity index (χ3n) is 3.63. The number of aliphatic hydroxyl groups excluding tert-OH is 2. The summed E-state index contributed by atoms with van der Waals surface area (Å²) in [5, 5.41) is 28.3. The lowest BCUT2D eigenvalue weighted by Gasteiger charge is -2.09. The minimum atomic E-state index is -1.01. The normalized spacial score (nSPS) is 12.3. The highest BCUT2D eigenvalue weighted by Gasteiger charge is 2.13. The molecule has 0 spiro atoms. The quantitative estimate of drug-likeness (QED) is 0.569. The first-order chi connectivity index (χ1) is 11.6. The molecule has 2 aromatic carbocycles. The third kappa shape index (κ3) is 3.27. The van der Waals surface area contributed by atoms with Crippen molar-refractivity contribution in [3.05, 3.63) is 53.8 Å². The summed E-state index contributed by atoms with van der Waals surface area (Å²) in [5.41, 5.74) is 2.26. The van der Waals surface area contributed by atoms with E-state index in [4.69, 9.17) is 5.11 Å². The molecule has 1 aromatic heterocycles. The topological polar surface area (TPSA) is 98.2 Å². The fraction of sp³-hybridized carbons (Fsp3) is 0.176. The molecular formula is C17H16FN3O3. The van der Waals surface area contributed by atoms with Gasteiger partial charge in [-0.05, 0) is 30.3 Å².